The highest BCUT2D eigenvalue weighted by atomic mass is 32.2. The van der Waals surface area contributed by atoms with Gasteiger partial charge in [0.15, 0.2) is 9.84 Å². The van der Waals surface area contributed by atoms with Crippen LogP contribution in [-0.2, 0) is 21.3 Å². The minimum absolute atomic E-state index is 0.0607. The fourth-order valence-electron chi connectivity index (χ4n) is 1.53. The summed E-state index contributed by atoms with van der Waals surface area (Å²) in [6.07, 6.45) is 0. The van der Waals surface area contributed by atoms with E-state index in [0.29, 0.717) is 17.1 Å². The van der Waals surface area contributed by atoms with Gasteiger partial charge in [0, 0.05) is 5.56 Å². The lowest BCUT2D eigenvalue weighted by Gasteiger charge is -2.07. The fraction of sp³-hybridized carbons (Fsp3) is 0.500. The zero-order chi connectivity index (χ0) is 11.2. The second-order valence-corrected chi connectivity index (χ2v) is 5.78. The summed E-state index contributed by atoms with van der Waals surface area (Å²) in [6.45, 7) is 1.73. The van der Waals surface area contributed by atoms with Crippen molar-refractivity contribution in [1.82, 2.24) is 9.97 Å². The Morgan fingerprint density at radius 1 is 1.33 bits per heavy atom. The van der Waals surface area contributed by atoms with E-state index in [1.165, 1.54) is 0 Å². The number of nitrogens with two attached hydrogens (primary N) is 2. The van der Waals surface area contributed by atoms with Gasteiger partial charge in [0.1, 0.15) is 11.6 Å². The molecular formula is C8H12N4O2S. The Kier molecular flexibility index (Phi) is 2.16. The van der Waals surface area contributed by atoms with Crippen LogP contribution >= 0.6 is 0 Å². The van der Waals surface area contributed by atoms with Crippen molar-refractivity contribution in [2.75, 3.05) is 5.73 Å². The standard InChI is InChI=1S/C8H12N4O2S/c1-4(9)8-11-6-3-15(13,14)2-5(6)7(10)12-8/h4H,2-3,9H2,1H3,(H2,10,11,12). The maximum Gasteiger partial charge on any atom is 0.160 e. The fourth-order valence-corrected chi connectivity index (χ4v) is 3.04. The molecule has 7 heteroatoms. The van der Waals surface area contributed by atoms with Crippen LogP contribution in [0.25, 0.3) is 0 Å². The number of hydrogen-bond donors (Lipinski definition) is 2. The lowest BCUT2D eigenvalue weighted by molar-refractivity contribution is 0.597. The first-order valence-corrected chi connectivity index (χ1v) is 6.32. The van der Waals surface area contributed by atoms with E-state index in [1.54, 1.807) is 6.92 Å². The smallest absolute Gasteiger partial charge is 0.160 e. The predicted molar refractivity (Wildman–Crippen MR) is 55.4 cm³/mol. The molecular weight excluding hydrogens is 216 g/mol. The summed E-state index contributed by atoms with van der Waals surface area (Å²) in [7, 11) is -3.09. The summed E-state index contributed by atoms with van der Waals surface area (Å²) < 4.78 is 22.7. The summed E-state index contributed by atoms with van der Waals surface area (Å²) in [4.78, 5) is 8.10. The van der Waals surface area contributed by atoms with Crippen molar-refractivity contribution < 1.29 is 8.42 Å². The van der Waals surface area contributed by atoms with E-state index in [2.05, 4.69) is 9.97 Å². The molecule has 6 nitrogen and oxygen atoms in total. The van der Waals surface area contributed by atoms with Crippen LogP contribution in [0.5, 0.6) is 0 Å². The van der Waals surface area contributed by atoms with Crippen LogP contribution in [-0.4, -0.2) is 18.4 Å². The summed E-state index contributed by atoms with van der Waals surface area (Å²) in [5.41, 5.74) is 12.3. The minimum atomic E-state index is -3.09. The molecule has 0 aliphatic carbocycles. The van der Waals surface area contributed by atoms with E-state index in [0.717, 1.165) is 0 Å². The molecule has 0 spiro atoms. The van der Waals surface area contributed by atoms with Crippen LogP contribution in [0.3, 0.4) is 0 Å². The number of rotatable bonds is 1. The van der Waals surface area contributed by atoms with Gasteiger partial charge in [-0.15, -0.1) is 0 Å². The molecule has 1 aromatic heterocycles. The molecule has 0 saturated carbocycles. The van der Waals surface area contributed by atoms with Crippen LogP contribution in [0.1, 0.15) is 30.0 Å². The third-order valence-corrected chi connectivity index (χ3v) is 3.71. The van der Waals surface area contributed by atoms with Gasteiger partial charge in [-0.1, -0.05) is 0 Å². The zero-order valence-electron chi connectivity index (χ0n) is 8.27. The number of hydrogen-bond acceptors (Lipinski definition) is 6. The molecule has 1 aliphatic rings. The quantitative estimate of drug-likeness (QED) is 0.670. The average Bonchev–Trinajstić information content (AvgIpc) is 2.39. The third-order valence-electron chi connectivity index (χ3n) is 2.27. The molecule has 15 heavy (non-hydrogen) atoms. The summed E-state index contributed by atoms with van der Waals surface area (Å²) in [6, 6.07) is -0.346. The summed E-state index contributed by atoms with van der Waals surface area (Å²) >= 11 is 0. The molecule has 0 amide bonds. The number of anilines is 1. The van der Waals surface area contributed by atoms with Crippen LogP contribution < -0.4 is 11.5 Å². The van der Waals surface area contributed by atoms with E-state index in [-0.39, 0.29) is 23.4 Å². The first-order chi connectivity index (χ1) is 6.89. The highest BCUT2D eigenvalue weighted by Crippen LogP contribution is 2.27. The van der Waals surface area contributed by atoms with Crippen molar-refractivity contribution >= 4 is 15.7 Å². The van der Waals surface area contributed by atoms with E-state index in [4.69, 9.17) is 11.5 Å². The van der Waals surface area contributed by atoms with Crippen molar-refractivity contribution in [2.45, 2.75) is 24.5 Å². The Balaban J connectivity index is 2.56. The molecule has 1 atom stereocenters. The molecule has 0 aromatic carbocycles. The van der Waals surface area contributed by atoms with Crippen molar-refractivity contribution in [3.8, 4) is 0 Å². The Hall–Kier alpha value is -1.21. The molecule has 2 heterocycles. The maximum atomic E-state index is 11.4. The Bertz CT molecular complexity index is 510. The first-order valence-electron chi connectivity index (χ1n) is 4.50. The van der Waals surface area contributed by atoms with Gasteiger partial charge in [-0.3, -0.25) is 0 Å². The van der Waals surface area contributed by atoms with Crippen molar-refractivity contribution in [2.24, 2.45) is 5.73 Å². The van der Waals surface area contributed by atoms with Gasteiger partial charge >= 0.3 is 0 Å². The Labute approximate surface area is 87.6 Å². The third kappa shape index (κ3) is 1.80. The minimum Gasteiger partial charge on any atom is -0.383 e. The average molecular weight is 228 g/mol. The second-order valence-electron chi connectivity index (χ2n) is 3.71. The SMILES string of the molecule is CC(N)c1nc(N)c2c(n1)CS(=O)(=O)C2. The number of sulfone groups is 1. The van der Waals surface area contributed by atoms with Crippen molar-refractivity contribution in [1.29, 1.82) is 0 Å². The monoisotopic (exact) mass is 228 g/mol. The van der Waals surface area contributed by atoms with E-state index in [1.807, 2.05) is 0 Å². The molecule has 0 fully saturated rings. The Morgan fingerprint density at radius 2 is 2.00 bits per heavy atom. The summed E-state index contributed by atoms with van der Waals surface area (Å²) in [5.74, 6) is 0.499. The highest BCUT2D eigenvalue weighted by molar-refractivity contribution is 7.90. The van der Waals surface area contributed by atoms with Crippen LogP contribution in [0.2, 0.25) is 0 Å². The molecule has 1 unspecified atom stereocenters. The normalized spacial score (nSPS) is 19.9. The van der Waals surface area contributed by atoms with Crippen molar-refractivity contribution in [3.63, 3.8) is 0 Å². The Morgan fingerprint density at radius 3 is 2.60 bits per heavy atom. The lowest BCUT2D eigenvalue weighted by Crippen LogP contribution is -2.13. The van der Waals surface area contributed by atoms with E-state index >= 15 is 0 Å². The van der Waals surface area contributed by atoms with E-state index < -0.39 is 9.84 Å². The maximum absolute atomic E-state index is 11.4. The van der Waals surface area contributed by atoms with Gasteiger partial charge < -0.3 is 11.5 Å². The number of nitrogen functional groups attached to an aromatic ring is 1. The first kappa shape index (κ1) is 10.3. The van der Waals surface area contributed by atoms with E-state index in [9.17, 15) is 8.42 Å². The number of fused-ring (bicyclic) bond motifs is 1. The van der Waals surface area contributed by atoms with Crippen LogP contribution in [0, 0.1) is 0 Å². The zero-order valence-corrected chi connectivity index (χ0v) is 9.08. The lowest BCUT2D eigenvalue weighted by atomic mass is 10.2. The van der Waals surface area contributed by atoms with Gasteiger partial charge in [-0.05, 0) is 6.92 Å². The molecule has 1 aliphatic heterocycles. The van der Waals surface area contributed by atoms with Gasteiger partial charge in [0.2, 0.25) is 0 Å². The molecule has 4 N–H and O–H groups in total. The highest BCUT2D eigenvalue weighted by Gasteiger charge is 2.29. The van der Waals surface area contributed by atoms with Crippen LogP contribution in [0.15, 0.2) is 0 Å². The molecule has 2 rings (SSSR count). The predicted octanol–water partition coefficient (Wildman–Crippen LogP) is -0.493. The summed E-state index contributed by atoms with van der Waals surface area (Å²) in [5, 5.41) is 0. The molecule has 1 aromatic rings. The van der Waals surface area contributed by atoms with Gasteiger partial charge in [0.25, 0.3) is 0 Å². The number of aromatic nitrogens is 2. The van der Waals surface area contributed by atoms with Gasteiger partial charge in [-0.2, -0.15) is 0 Å². The second kappa shape index (κ2) is 3.14. The molecule has 0 saturated heterocycles. The molecule has 0 bridgehead atoms. The largest absolute Gasteiger partial charge is 0.383 e. The number of nitrogens with zero attached hydrogens (tertiary/aromatic N) is 2. The van der Waals surface area contributed by atoms with Gasteiger partial charge in [0.05, 0.1) is 23.2 Å². The molecule has 0 radical (unpaired) electrons. The van der Waals surface area contributed by atoms with Crippen molar-refractivity contribution in [3.05, 3.63) is 17.1 Å². The van der Waals surface area contributed by atoms with Crippen LogP contribution in [0.4, 0.5) is 5.82 Å². The van der Waals surface area contributed by atoms with Gasteiger partial charge in [-0.25, -0.2) is 18.4 Å². The molecule has 82 valence electrons. The topological polar surface area (TPSA) is 112 Å².